The molecule has 17 heavy (non-hydrogen) atoms. The molecule has 1 atom stereocenters. The molecule has 3 nitrogen and oxygen atoms in total. The van der Waals surface area contributed by atoms with E-state index in [2.05, 4.69) is 34.6 Å². The lowest BCUT2D eigenvalue weighted by Gasteiger charge is -2.36. The van der Waals surface area contributed by atoms with Gasteiger partial charge in [0.1, 0.15) is 0 Å². The van der Waals surface area contributed by atoms with Crippen molar-refractivity contribution < 1.29 is 13.6 Å². The smallest absolute Gasteiger partial charge is 0.309 e. The summed E-state index contributed by atoms with van der Waals surface area (Å²) in [7, 11) is -3.00. The number of rotatable bonds is 7. The van der Waals surface area contributed by atoms with Gasteiger partial charge in [0.05, 0.1) is 18.9 Å². The average molecular weight is 264 g/mol. The Labute approximate surface area is 107 Å². The molecule has 0 aliphatic heterocycles. The minimum atomic E-state index is -3.00. The molecule has 104 valence electrons. The number of hydrogen-bond acceptors (Lipinski definition) is 3. The third kappa shape index (κ3) is 5.54. The Bertz CT molecular complexity index is 246. The lowest BCUT2D eigenvalue weighted by molar-refractivity contribution is 0.185. The van der Waals surface area contributed by atoms with Crippen LogP contribution in [0.4, 0.5) is 0 Å². The Morgan fingerprint density at radius 1 is 1.06 bits per heavy atom. The van der Waals surface area contributed by atoms with Crippen molar-refractivity contribution in [3.8, 4) is 0 Å². The predicted octanol–water partition coefficient (Wildman–Crippen LogP) is 4.71. The van der Waals surface area contributed by atoms with Crippen molar-refractivity contribution in [1.82, 2.24) is 0 Å². The summed E-state index contributed by atoms with van der Waals surface area (Å²) in [4.78, 5) is 0. The molecule has 4 heteroatoms. The Kier molecular flexibility index (Phi) is 6.98. The van der Waals surface area contributed by atoms with Gasteiger partial charge in [-0.15, -0.1) is 0 Å². The van der Waals surface area contributed by atoms with E-state index in [1.807, 2.05) is 13.8 Å². The quantitative estimate of drug-likeness (QED) is 0.624. The second-order valence-corrected chi connectivity index (χ2v) is 8.11. The molecule has 0 N–H and O–H groups in total. The van der Waals surface area contributed by atoms with Crippen LogP contribution < -0.4 is 0 Å². The molecule has 0 bridgehead atoms. The molecule has 0 aliphatic rings. The lowest BCUT2D eigenvalue weighted by Crippen LogP contribution is -2.29. The second kappa shape index (κ2) is 6.92. The minimum absolute atomic E-state index is 0.0464. The van der Waals surface area contributed by atoms with Crippen molar-refractivity contribution in [3.63, 3.8) is 0 Å². The Morgan fingerprint density at radius 2 is 1.47 bits per heavy atom. The van der Waals surface area contributed by atoms with E-state index < -0.39 is 7.60 Å². The number of hydrogen-bond donors (Lipinski definition) is 0. The topological polar surface area (TPSA) is 35.5 Å². The van der Waals surface area contributed by atoms with Gasteiger partial charge in [-0.25, -0.2) is 0 Å². The molecule has 0 aromatic carbocycles. The molecule has 0 fully saturated rings. The van der Waals surface area contributed by atoms with Gasteiger partial charge in [-0.2, -0.15) is 0 Å². The van der Waals surface area contributed by atoms with Gasteiger partial charge in [0, 0.05) is 0 Å². The standard InChI is InChI=1S/C13H29O3P/c1-8-15-17(14,16-9-2)12(10-11(3)4)13(5,6)7/h11-12H,8-10H2,1-7H3. The van der Waals surface area contributed by atoms with Crippen LogP contribution in [-0.4, -0.2) is 18.9 Å². The van der Waals surface area contributed by atoms with Crippen LogP contribution in [0.25, 0.3) is 0 Å². The highest BCUT2D eigenvalue weighted by molar-refractivity contribution is 7.54. The highest BCUT2D eigenvalue weighted by atomic mass is 31.2. The summed E-state index contributed by atoms with van der Waals surface area (Å²) in [5.41, 5.74) is -0.126. The Morgan fingerprint density at radius 3 is 1.71 bits per heavy atom. The van der Waals surface area contributed by atoms with Crippen LogP contribution in [-0.2, 0) is 13.6 Å². The molecule has 0 heterocycles. The van der Waals surface area contributed by atoms with Gasteiger partial charge in [0.2, 0.25) is 0 Å². The first kappa shape index (κ1) is 17.2. The first-order chi connectivity index (χ1) is 7.67. The minimum Gasteiger partial charge on any atom is -0.309 e. The molecule has 0 amide bonds. The molecule has 0 aromatic heterocycles. The van der Waals surface area contributed by atoms with Crippen molar-refractivity contribution in [1.29, 1.82) is 0 Å². The SMILES string of the molecule is CCOP(=O)(OCC)C(CC(C)C)C(C)(C)C. The van der Waals surface area contributed by atoms with Crippen LogP contribution in [0.15, 0.2) is 0 Å². The van der Waals surface area contributed by atoms with Crippen LogP contribution in [0.1, 0.15) is 54.9 Å². The van der Waals surface area contributed by atoms with Gasteiger partial charge in [0.25, 0.3) is 0 Å². The monoisotopic (exact) mass is 264 g/mol. The van der Waals surface area contributed by atoms with Crippen molar-refractivity contribution in [2.24, 2.45) is 11.3 Å². The molecular weight excluding hydrogens is 235 g/mol. The van der Waals surface area contributed by atoms with Crippen LogP contribution in [0.5, 0.6) is 0 Å². The molecule has 0 saturated carbocycles. The van der Waals surface area contributed by atoms with Crippen LogP contribution in [0, 0.1) is 11.3 Å². The van der Waals surface area contributed by atoms with Crippen molar-refractivity contribution in [2.45, 2.75) is 60.5 Å². The van der Waals surface area contributed by atoms with E-state index in [0.29, 0.717) is 19.1 Å². The predicted molar refractivity (Wildman–Crippen MR) is 73.6 cm³/mol. The van der Waals surface area contributed by atoms with Crippen LogP contribution in [0.2, 0.25) is 0 Å². The largest absolute Gasteiger partial charge is 0.334 e. The summed E-state index contributed by atoms with van der Waals surface area (Å²) in [6, 6.07) is 0. The third-order valence-corrected chi connectivity index (χ3v) is 5.68. The third-order valence-electron chi connectivity index (χ3n) is 2.69. The zero-order chi connectivity index (χ0) is 13.7. The lowest BCUT2D eigenvalue weighted by atomic mass is 9.87. The molecule has 1 unspecified atom stereocenters. The van der Waals surface area contributed by atoms with Gasteiger partial charge in [-0.3, -0.25) is 4.57 Å². The van der Waals surface area contributed by atoms with Gasteiger partial charge in [-0.1, -0.05) is 34.6 Å². The van der Waals surface area contributed by atoms with E-state index in [1.165, 1.54) is 0 Å². The van der Waals surface area contributed by atoms with Crippen molar-refractivity contribution >= 4 is 7.60 Å². The van der Waals surface area contributed by atoms with Gasteiger partial charge in [0.15, 0.2) is 0 Å². The fourth-order valence-electron chi connectivity index (χ4n) is 1.98. The van der Waals surface area contributed by atoms with Crippen molar-refractivity contribution in [3.05, 3.63) is 0 Å². The molecule has 0 radical (unpaired) electrons. The summed E-state index contributed by atoms with van der Waals surface area (Å²) < 4.78 is 23.8. The Balaban J connectivity index is 5.14. The molecule has 0 saturated heterocycles. The average Bonchev–Trinajstić information content (AvgIpc) is 2.13. The van der Waals surface area contributed by atoms with E-state index in [-0.39, 0.29) is 11.1 Å². The van der Waals surface area contributed by atoms with Crippen molar-refractivity contribution in [2.75, 3.05) is 13.2 Å². The molecule has 0 rings (SSSR count). The first-order valence-corrected chi connectivity index (χ1v) is 8.17. The zero-order valence-corrected chi connectivity index (χ0v) is 13.3. The highest BCUT2D eigenvalue weighted by Gasteiger charge is 2.43. The molecule has 0 aliphatic carbocycles. The van der Waals surface area contributed by atoms with Gasteiger partial charge in [-0.05, 0) is 31.6 Å². The highest BCUT2D eigenvalue weighted by Crippen LogP contribution is 2.60. The van der Waals surface area contributed by atoms with Crippen LogP contribution in [0.3, 0.4) is 0 Å². The normalized spacial score (nSPS) is 15.3. The van der Waals surface area contributed by atoms with Gasteiger partial charge >= 0.3 is 7.60 Å². The van der Waals surface area contributed by atoms with E-state index in [1.54, 1.807) is 0 Å². The van der Waals surface area contributed by atoms with Crippen LogP contribution >= 0.6 is 7.60 Å². The molecular formula is C13H29O3P. The van der Waals surface area contributed by atoms with E-state index in [0.717, 1.165) is 6.42 Å². The first-order valence-electron chi connectivity index (χ1n) is 6.56. The summed E-state index contributed by atoms with van der Waals surface area (Å²) >= 11 is 0. The second-order valence-electron chi connectivity index (χ2n) is 5.89. The summed E-state index contributed by atoms with van der Waals surface area (Å²) in [5.74, 6) is 0.480. The summed E-state index contributed by atoms with van der Waals surface area (Å²) in [5, 5.41) is 0. The maximum Gasteiger partial charge on any atom is 0.334 e. The summed E-state index contributed by atoms with van der Waals surface area (Å²) in [6.07, 6.45) is 0.862. The fourth-order valence-corrected chi connectivity index (χ4v) is 4.76. The molecule has 0 aromatic rings. The maximum absolute atomic E-state index is 12.9. The Hall–Kier alpha value is 0.150. The summed E-state index contributed by atoms with van der Waals surface area (Å²) in [6.45, 7) is 15.2. The maximum atomic E-state index is 12.9. The van der Waals surface area contributed by atoms with E-state index in [4.69, 9.17) is 9.05 Å². The zero-order valence-electron chi connectivity index (χ0n) is 12.4. The fraction of sp³-hybridized carbons (Fsp3) is 1.00. The van der Waals surface area contributed by atoms with E-state index >= 15 is 0 Å². The van der Waals surface area contributed by atoms with E-state index in [9.17, 15) is 4.57 Å². The molecule has 0 spiro atoms. The van der Waals surface area contributed by atoms with Gasteiger partial charge < -0.3 is 9.05 Å².